The number of carbonyl (C=O) groups excluding carboxylic acids is 1. The Labute approximate surface area is 200 Å². The normalized spacial score (nSPS) is 10.9. The first-order chi connectivity index (χ1) is 16.3. The molecule has 1 amide bonds. The number of hydrogen-bond donors (Lipinski definition) is 1. The SMILES string of the molecule is CCOc1ccccc1NC(=O)CN(c1ccc(OC)cc1)S(=O)(=O)c1cc(C)ccc1OC. The van der Waals surface area contributed by atoms with Crippen LogP contribution in [0.15, 0.2) is 71.6 Å². The second-order valence-corrected chi connectivity index (χ2v) is 9.17. The number of rotatable bonds is 10. The number of benzene rings is 3. The van der Waals surface area contributed by atoms with Gasteiger partial charge in [0.25, 0.3) is 10.0 Å². The molecule has 3 aromatic rings. The van der Waals surface area contributed by atoms with E-state index in [0.717, 1.165) is 9.87 Å². The zero-order chi connectivity index (χ0) is 24.7. The highest BCUT2D eigenvalue weighted by Gasteiger charge is 2.30. The minimum absolute atomic E-state index is 0.0339. The fourth-order valence-corrected chi connectivity index (χ4v) is 5.00. The average Bonchev–Trinajstić information content (AvgIpc) is 2.84. The van der Waals surface area contributed by atoms with Crippen LogP contribution in [0.3, 0.4) is 0 Å². The maximum absolute atomic E-state index is 13.8. The minimum Gasteiger partial charge on any atom is -0.497 e. The third-order valence-electron chi connectivity index (χ3n) is 5.00. The number of hydrogen-bond acceptors (Lipinski definition) is 6. The van der Waals surface area contributed by atoms with Gasteiger partial charge in [-0.2, -0.15) is 0 Å². The fraction of sp³-hybridized carbons (Fsp3) is 0.240. The van der Waals surface area contributed by atoms with Gasteiger partial charge in [-0.05, 0) is 67.9 Å². The molecule has 8 nitrogen and oxygen atoms in total. The van der Waals surface area contributed by atoms with E-state index in [2.05, 4.69) is 5.32 Å². The third kappa shape index (κ3) is 5.60. The van der Waals surface area contributed by atoms with Crippen LogP contribution in [0.4, 0.5) is 11.4 Å². The summed E-state index contributed by atoms with van der Waals surface area (Å²) in [5, 5.41) is 2.76. The Balaban J connectivity index is 2.01. The highest BCUT2D eigenvalue weighted by molar-refractivity contribution is 7.93. The van der Waals surface area contributed by atoms with Gasteiger partial charge in [0.15, 0.2) is 0 Å². The Kier molecular flexibility index (Phi) is 8.01. The minimum atomic E-state index is -4.17. The quantitative estimate of drug-likeness (QED) is 0.463. The lowest BCUT2D eigenvalue weighted by molar-refractivity contribution is -0.114. The fourth-order valence-electron chi connectivity index (χ4n) is 3.34. The summed E-state index contributed by atoms with van der Waals surface area (Å²) in [5.41, 5.74) is 1.50. The first kappa shape index (κ1) is 24.9. The van der Waals surface area contributed by atoms with Gasteiger partial charge < -0.3 is 19.5 Å². The van der Waals surface area contributed by atoms with Gasteiger partial charge in [-0.1, -0.05) is 18.2 Å². The largest absolute Gasteiger partial charge is 0.497 e. The van der Waals surface area contributed by atoms with E-state index in [-0.39, 0.29) is 10.6 Å². The maximum Gasteiger partial charge on any atom is 0.268 e. The number of ether oxygens (including phenoxy) is 3. The Hall–Kier alpha value is -3.72. The molecule has 0 aliphatic carbocycles. The molecule has 1 N–H and O–H groups in total. The predicted octanol–water partition coefficient (Wildman–Crippen LogP) is 4.24. The first-order valence-corrected chi connectivity index (χ1v) is 12.1. The van der Waals surface area contributed by atoms with Gasteiger partial charge in [0.2, 0.25) is 5.91 Å². The number of nitrogens with one attached hydrogen (secondary N) is 1. The van der Waals surface area contributed by atoms with Crippen LogP contribution >= 0.6 is 0 Å². The molecule has 3 aromatic carbocycles. The topological polar surface area (TPSA) is 94.2 Å². The molecule has 0 bridgehead atoms. The first-order valence-electron chi connectivity index (χ1n) is 10.6. The predicted molar refractivity (Wildman–Crippen MR) is 131 cm³/mol. The Bertz CT molecular complexity index is 1240. The van der Waals surface area contributed by atoms with Crippen molar-refractivity contribution in [3.63, 3.8) is 0 Å². The number of nitrogens with zero attached hydrogens (tertiary/aromatic N) is 1. The molecule has 9 heteroatoms. The zero-order valence-corrected chi connectivity index (χ0v) is 20.4. The Morgan fingerprint density at radius 3 is 2.29 bits per heavy atom. The number of sulfonamides is 1. The summed E-state index contributed by atoms with van der Waals surface area (Å²) in [6, 6.07) is 18.3. The Morgan fingerprint density at radius 2 is 1.65 bits per heavy atom. The summed E-state index contributed by atoms with van der Waals surface area (Å²) in [6.07, 6.45) is 0. The van der Waals surface area contributed by atoms with Crippen LogP contribution in [0.1, 0.15) is 12.5 Å². The van der Waals surface area contributed by atoms with Crippen molar-refractivity contribution in [1.82, 2.24) is 0 Å². The summed E-state index contributed by atoms with van der Waals surface area (Å²) < 4.78 is 44.7. The summed E-state index contributed by atoms with van der Waals surface area (Å²) in [7, 11) is -1.25. The van der Waals surface area contributed by atoms with E-state index in [4.69, 9.17) is 14.2 Å². The smallest absolute Gasteiger partial charge is 0.268 e. The highest BCUT2D eigenvalue weighted by atomic mass is 32.2. The van der Waals surface area contributed by atoms with Gasteiger partial charge in [0.05, 0.1) is 32.2 Å². The van der Waals surface area contributed by atoms with Crippen LogP contribution < -0.4 is 23.8 Å². The standard InChI is InChI=1S/C25H28N2O6S/c1-5-33-22-9-7-6-8-21(22)26-25(28)17-27(19-11-13-20(31-3)14-12-19)34(29,30)24-16-18(2)10-15-23(24)32-4/h6-16H,5,17H2,1-4H3,(H,26,28). The van der Waals surface area contributed by atoms with Gasteiger partial charge in [0.1, 0.15) is 28.7 Å². The van der Waals surface area contributed by atoms with E-state index < -0.39 is 22.5 Å². The molecular weight excluding hydrogens is 456 g/mol. The molecule has 0 heterocycles. The van der Waals surface area contributed by atoms with Crippen LogP contribution in [-0.2, 0) is 14.8 Å². The van der Waals surface area contributed by atoms with Crippen molar-refractivity contribution in [3.05, 3.63) is 72.3 Å². The monoisotopic (exact) mass is 484 g/mol. The molecule has 0 unspecified atom stereocenters. The average molecular weight is 485 g/mol. The molecule has 3 rings (SSSR count). The number of para-hydroxylation sites is 2. The summed E-state index contributed by atoms with van der Waals surface area (Å²) in [5.74, 6) is 0.714. The van der Waals surface area contributed by atoms with E-state index in [1.807, 2.05) is 6.92 Å². The summed E-state index contributed by atoms with van der Waals surface area (Å²) >= 11 is 0. The third-order valence-corrected chi connectivity index (χ3v) is 6.79. The molecule has 0 aliphatic rings. The molecule has 0 atom stereocenters. The van der Waals surface area contributed by atoms with Crippen molar-refractivity contribution in [2.75, 3.05) is 37.0 Å². The van der Waals surface area contributed by atoms with Gasteiger partial charge >= 0.3 is 0 Å². The lowest BCUT2D eigenvalue weighted by atomic mass is 10.2. The summed E-state index contributed by atoms with van der Waals surface area (Å²) in [6.45, 7) is 3.58. The van der Waals surface area contributed by atoms with Crippen LogP contribution in [0.25, 0.3) is 0 Å². The molecule has 0 aliphatic heterocycles. The van der Waals surface area contributed by atoms with E-state index in [1.54, 1.807) is 67.6 Å². The van der Waals surface area contributed by atoms with Gasteiger partial charge in [-0.15, -0.1) is 0 Å². The number of aryl methyl sites for hydroxylation is 1. The second-order valence-electron chi connectivity index (χ2n) is 7.34. The molecule has 34 heavy (non-hydrogen) atoms. The lowest BCUT2D eigenvalue weighted by Crippen LogP contribution is -2.38. The van der Waals surface area contributed by atoms with Crippen molar-refractivity contribution >= 4 is 27.3 Å². The van der Waals surface area contributed by atoms with Gasteiger partial charge in [0, 0.05) is 0 Å². The van der Waals surface area contributed by atoms with Crippen LogP contribution in [0.5, 0.6) is 17.2 Å². The molecule has 0 radical (unpaired) electrons. The van der Waals surface area contributed by atoms with Crippen molar-refractivity contribution in [2.45, 2.75) is 18.7 Å². The number of anilines is 2. The highest BCUT2D eigenvalue weighted by Crippen LogP contribution is 2.32. The number of carbonyl (C=O) groups is 1. The van der Waals surface area contributed by atoms with Crippen LogP contribution in [0.2, 0.25) is 0 Å². The van der Waals surface area contributed by atoms with E-state index in [1.165, 1.54) is 20.3 Å². The van der Waals surface area contributed by atoms with Crippen LogP contribution in [-0.4, -0.2) is 41.7 Å². The zero-order valence-electron chi connectivity index (χ0n) is 19.6. The van der Waals surface area contributed by atoms with E-state index >= 15 is 0 Å². The van der Waals surface area contributed by atoms with Crippen molar-refractivity contribution < 1.29 is 27.4 Å². The number of amides is 1. The van der Waals surface area contributed by atoms with Gasteiger partial charge in [-0.3, -0.25) is 9.10 Å². The molecule has 180 valence electrons. The van der Waals surface area contributed by atoms with E-state index in [9.17, 15) is 13.2 Å². The van der Waals surface area contributed by atoms with Crippen molar-refractivity contribution in [1.29, 1.82) is 0 Å². The van der Waals surface area contributed by atoms with Gasteiger partial charge in [-0.25, -0.2) is 8.42 Å². The molecule has 0 fully saturated rings. The maximum atomic E-state index is 13.8. The van der Waals surface area contributed by atoms with E-state index in [0.29, 0.717) is 29.5 Å². The molecule has 0 saturated carbocycles. The second kappa shape index (κ2) is 10.9. The Morgan fingerprint density at radius 1 is 0.941 bits per heavy atom. The summed E-state index contributed by atoms with van der Waals surface area (Å²) in [4.78, 5) is 13.0. The molecule has 0 aromatic heterocycles. The van der Waals surface area contributed by atoms with Crippen molar-refractivity contribution in [2.24, 2.45) is 0 Å². The molecule has 0 spiro atoms. The number of methoxy groups -OCH3 is 2. The lowest BCUT2D eigenvalue weighted by Gasteiger charge is -2.25. The molecule has 0 saturated heterocycles. The van der Waals surface area contributed by atoms with Crippen molar-refractivity contribution in [3.8, 4) is 17.2 Å². The molecular formula is C25H28N2O6S. The van der Waals surface area contributed by atoms with Crippen LogP contribution in [0, 0.1) is 6.92 Å².